The molecule has 0 unspecified atom stereocenters. The molecule has 2 aromatic carbocycles. The van der Waals surface area contributed by atoms with Crippen molar-refractivity contribution in [3.63, 3.8) is 0 Å². The third-order valence-electron chi connectivity index (χ3n) is 4.57. The monoisotopic (exact) mass is 376 g/mol. The normalized spacial score (nSPS) is 18.1. The molecule has 3 nitrogen and oxygen atoms in total. The summed E-state index contributed by atoms with van der Waals surface area (Å²) in [5.74, 6) is 0.0952. The topological polar surface area (TPSA) is 32.3 Å². The smallest absolute Gasteiger partial charge is 0.228 e. The minimum atomic E-state index is 0.000313. The van der Waals surface area contributed by atoms with Crippen LogP contribution < -0.4 is 5.32 Å². The summed E-state index contributed by atoms with van der Waals surface area (Å²) in [6.45, 7) is 4.49. The largest absolute Gasteiger partial charge is 0.326 e. The van der Waals surface area contributed by atoms with Crippen LogP contribution in [0.5, 0.6) is 0 Å². The molecule has 1 saturated heterocycles. The van der Waals surface area contributed by atoms with E-state index in [0.717, 1.165) is 49.3 Å². The van der Waals surface area contributed by atoms with E-state index in [1.54, 1.807) is 6.07 Å². The van der Waals surface area contributed by atoms with Crippen LogP contribution in [0, 0.1) is 12.8 Å². The van der Waals surface area contributed by atoms with Crippen molar-refractivity contribution in [1.29, 1.82) is 0 Å². The van der Waals surface area contributed by atoms with E-state index in [9.17, 15) is 4.79 Å². The van der Waals surface area contributed by atoms with Crippen molar-refractivity contribution in [3.05, 3.63) is 63.6 Å². The van der Waals surface area contributed by atoms with Crippen molar-refractivity contribution in [2.45, 2.75) is 26.3 Å². The fourth-order valence-electron chi connectivity index (χ4n) is 3.27. The minimum absolute atomic E-state index is 0.000313. The molecule has 1 atom stereocenters. The van der Waals surface area contributed by atoms with Gasteiger partial charge in [-0.25, -0.2) is 0 Å². The SMILES string of the molecule is Cc1cccc(NC(=O)[C@H]2CCCN(Cc3ccc(Cl)cc3Cl)C2)c1. The summed E-state index contributed by atoms with van der Waals surface area (Å²) in [5.41, 5.74) is 3.05. The molecule has 1 aliphatic rings. The zero-order valence-corrected chi connectivity index (χ0v) is 15.8. The van der Waals surface area contributed by atoms with Gasteiger partial charge in [-0.1, -0.05) is 41.4 Å². The third kappa shape index (κ3) is 4.97. The number of nitrogens with zero attached hydrogens (tertiary/aromatic N) is 1. The molecule has 0 bridgehead atoms. The first-order valence-electron chi connectivity index (χ1n) is 8.55. The Bertz CT molecular complexity index is 763. The lowest BCUT2D eigenvalue weighted by Gasteiger charge is -2.32. The molecular formula is C20H22Cl2N2O. The second kappa shape index (κ2) is 8.22. The zero-order valence-electron chi connectivity index (χ0n) is 14.3. The number of halogens is 2. The zero-order chi connectivity index (χ0) is 17.8. The average molecular weight is 377 g/mol. The number of carbonyl (C=O) groups excluding carboxylic acids is 1. The summed E-state index contributed by atoms with van der Waals surface area (Å²) in [5, 5.41) is 4.37. The van der Waals surface area contributed by atoms with E-state index in [4.69, 9.17) is 23.2 Å². The minimum Gasteiger partial charge on any atom is -0.326 e. The molecule has 2 aromatic rings. The summed E-state index contributed by atoms with van der Waals surface area (Å²) < 4.78 is 0. The summed E-state index contributed by atoms with van der Waals surface area (Å²) in [6.07, 6.45) is 1.93. The van der Waals surface area contributed by atoms with Crippen molar-refractivity contribution < 1.29 is 4.79 Å². The molecule has 0 aliphatic carbocycles. The highest BCUT2D eigenvalue weighted by Crippen LogP contribution is 2.25. The molecule has 25 heavy (non-hydrogen) atoms. The van der Waals surface area contributed by atoms with Gasteiger partial charge in [-0.05, 0) is 61.7 Å². The van der Waals surface area contributed by atoms with Crippen molar-refractivity contribution in [3.8, 4) is 0 Å². The Balaban J connectivity index is 1.61. The number of piperidine rings is 1. The molecule has 0 aromatic heterocycles. The lowest BCUT2D eigenvalue weighted by molar-refractivity contribution is -0.121. The molecule has 0 spiro atoms. The van der Waals surface area contributed by atoms with E-state index in [1.807, 2.05) is 43.3 Å². The van der Waals surface area contributed by atoms with Crippen molar-refractivity contribution in [2.24, 2.45) is 5.92 Å². The Morgan fingerprint density at radius 1 is 1.24 bits per heavy atom. The number of likely N-dealkylation sites (tertiary alicyclic amines) is 1. The van der Waals surface area contributed by atoms with Crippen LogP contribution in [-0.4, -0.2) is 23.9 Å². The first-order chi connectivity index (χ1) is 12.0. The van der Waals surface area contributed by atoms with Gasteiger partial charge in [0.05, 0.1) is 5.92 Å². The van der Waals surface area contributed by atoms with Crippen molar-refractivity contribution >= 4 is 34.8 Å². The number of hydrogen-bond acceptors (Lipinski definition) is 2. The van der Waals surface area contributed by atoms with Gasteiger partial charge in [-0.15, -0.1) is 0 Å². The molecule has 3 rings (SSSR count). The molecule has 0 radical (unpaired) electrons. The summed E-state index contributed by atoms with van der Waals surface area (Å²) in [4.78, 5) is 14.9. The molecule has 1 aliphatic heterocycles. The Morgan fingerprint density at radius 2 is 2.08 bits per heavy atom. The first-order valence-corrected chi connectivity index (χ1v) is 9.30. The maximum atomic E-state index is 12.6. The summed E-state index contributed by atoms with van der Waals surface area (Å²) in [7, 11) is 0. The number of hydrogen-bond donors (Lipinski definition) is 1. The fourth-order valence-corrected chi connectivity index (χ4v) is 3.74. The molecule has 1 N–H and O–H groups in total. The maximum absolute atomic E-state index is 12.6. The Labute approximate surface area is 158 Å². The number of amides is 1. The summed E-state index contributed by atoms with van der Waals surface area (Å²) in [6, 6.07) is 13.5. The van der Waals surface area contributed by atoms with Crippen LogP contribution in [0.1, 0.15) is 24.0 Å². The van der Waals surface area contributed by atoms with E-state index >= 15 is 0 Å². The number of anilines is 1. The molecule has 0 saturated carbocycles. The van der Waals surface area contributed by atoms with Crippen LogP contribution in [0.4, 0.5) is 5.69 Å². The van der Waals surface area contributed by atoms with Gasteiger partial charge in [0.25, 0.3) is 0 Å². The highest BCUT2D eigenvalue weighted by atomic mass is 35.5. The third-order valence-corrected chi connectivity index (χ3v) is 5.16. The van der Waals surface area contributed by atoms with Crippen LogP contribution in [0.3, 0.4) is 0 Å². The van der Waals surface area contributed by atoms with Gasteiger partial charge >= 0.3 is 0 Å². The fraction of sp³-hybridized carbons (Fsp3) is 0.350. The quantitative estimate of drug-likeness (QED) is 0.799. The number of aryl methyl sites for hydroxylation is 1. The molecule has 132 valence electrons. The molecule has 1 heterocycles. The van der Waals surface area contributed by atoms with Gasteiger partial charge in [0.1, 0.15) is 0 Å². The highest BCUT2D eigenvalue weighted by molar-refractivity contribution is 6.35. The molecule has 5 heteroatoms. The highest BCUT2D eigenvalue weighted by Gasteiger charge is 2.26. The van der Waals surface area contributed by atoms with E-state index < -0.39 is 0 Å². The number of rotatable bonds is 4. The predicted octanol–water partition coefficient (Wildman–Crippen LogP) is 5.15. The van der Waals surface area contributed by atoms with E-state index in [2.05, 4.69) is 10.2 Å². The lowest BCUT2D eigenvalue weighted by atomic mass is 9.96. The van der Waals surface area contributed by atoms with E-state index in [1.165, 1.54) is 0 Å². The van der Waals surface area contributed by atoms with Crippen LogP contribution in [-0.2, 0) is 11.3 Å². The number of benzene rings is 2. The van der Waals surface area contributed by atoms with Crippen LogP contribution in [0.25, 0.3) is 0 Å². The molecular weight excluding hydrogens is 355 g/mol. The second-order valence-electron chi connectivity index (χ2n) is 6.67. The average Bonchev–Trinajstić information content (AvgIpc) is 2.58. The number of nitrogens with one attached hydrogen (secondary N) is 1. The first kappa shape index (κ1) is 18.2. The van der Waals surface area contributed by atoms with Crippen LogP contribution in [0.2, 0.25) is 10.0 Å². The van der Waals surface area contributed by atoms with Gasteiger partial charge in [0, 0.05) is 28.8 Å². The standard InChI is InChI=1S/C20H22Cl2N2O/c1-14-4-2-6-18(10-14)23-20(25)16-5-3-9-24(13-16)12-15-7-8-17(21)11-19(15)22/h2,4,6-8,10-11,16H,3,5,9,12-13H2,1H3,(H,23,25)/t16-/m0/s1. The van der Waals surface area contributed by atoms with E-state index in [-0.39, 0.29) is 11.8 Å². The van der Waals surface area contributed by atoms with Gasteiger partial charge in [-0.3, -0.25) is 9.69 Å². The lowest BCUT2D eigenvalue weighted by Crippen LogP contribution is -2.40. The Hall–Kier alpha value is -1.55. The van der Waals surface area contributed by atoms with Gasteiger partial charge in [0.2, 0.25) is 5.91 Å². The number of carbonyl (C=O) groups is 1. The predicted molar refractivity (Wildman–Crippen MR) is 104 cm³/mol. The second-order valence-corrected chi connectivity index (χ2v) is 7.51. The van der Waals surface area contributed by atoms with Gasteiger partial charge < -0.3 is 5.32 Å². The molecule has 1 amide bonds. The maximum Gasteiger partial charge on any atom is 0.228 e. The van der Waals surface area contributed by atoms with Crippen molar-refractivity contribution in [1.82, 2.24) is 4.90 Å². The van der Waals surface area contributed by atoms with E-state index in [0.29, 0.717) is 10.0 Å². The Kier molecular flexibility index (Phi) is 6.00. The molecule has 1 fully saturated rings. The van der Waals surface area contributed by atoms with Crippen molar-refractivity contribution in [2.75, 3.05) is 18.4 Å². The van der Waals surface area contributed by atoms with Crippen LogP contribution in [0.15, 0.2) is 42.5 Å². The van der Waals surface area contributed by atoms with Gasteiger partial charge in [-0.2, -0.15) is 0 Å². The summed E-state index contributed by atoms with van der Waals surface area (Å²) >= 11 is 12.2. The van der Waals surface area contributed by atoms with Crippen LogP contribution >= 0.6 is 23.2 Å². The van der Waals surface area contributed by atoms with Gasteiger partial charge in [0.15, 0.2) is 0 Å². The Morgan fingerprint density at radius 3 is 2.84 bits per heavy atom.